The molecule has 0 saturated carbocycles. The number of nitrogens with two attached hydrogens (primary N) is 1. The average Bonchev–Trinajstić information content (AvgIpc) is 2.63. The molecule has 0 aromatic carbocycles. The van der Waals surface area contributed by atoms with Crippen LogP contribution in [0.3, 0.4) is 0 Å². The molecule has 5 nitrogen and oxygen atoms in total. The zero-order chi connectivity index (χ0) is 13.0. The van der Waals surface area contributed by atoms with E-state index in [2.05, 4.69) is 9.88 Å². The second-order valence-electron chi connectivity index (χ2n) is 4.64. The summed E-state index contributed by atoms with van der Waals surface area (Å²) in [7, 11) is 0. The fraction of sp³-hybridized carbons (Fsp3) is 0.538. The van der Waals surface area contributed by atoms with Crippen LogP contribution in [0.4, 0.5) is 5.69 Å². The predicted octanol–water partition coefficient (Wildman–Crippen LogP) is 0.922. The lowest BCUT2D eigenvalue weighted by Gasteiger charge is -2.30. The molecule has 1 unspecified atom stereocenters. The number of aliphatic hydroxyl groups is 1. The van der Waals surface area contributed by atoms with Gasteiger partial charge in [-0.05, 0) is 25.0 Å². The highest BCUT2D eigenvalue weighted by Crippen LogP contribution is 2.24. The Labute approximate surface area is 107 Å². The van der Waals surface area contributed by atoms with Gasteiger partial charge in [-0.1, -0.05) is 12.8 Å². The lowest BCUT2D eigenvalue weighted by atomic mass is 10.1. The molecule has 0 radical (unpaired) electrons. The molecule has 1 aromatic rings. The Morgan fingerprint density at radius 3 is 3.06 bits per heavy atom. The smallest absolute Gasteiger partial charge is 0.267 e. The molecule has 98 valence electrons. The molecule has 1 aliphatic rings. The second kappa shape index (κ2) is 5.82. The standard InChI is InChI=1S/C13H19N3O2/c14-13(18)12-8-10(5-6-15-12)16-7-3-1-2-4-11(16)9-17/h5-6,8,11,17H,1-4,7,9H2,(H2,14,18). The van der Waals surface area contributed by atoms with Crippen LogP contribution in [-0.4, -0.2) is 35.2 Å². The zero-order valence-electron chi connectivity index (χ0n) is 10.4. The van der Waals surface area contributed by atoms with E-state index in [0.29, 0.717) is 0 Å². The highest BCUT2D eigenvalue weighted by molar-refractivity contribution is 5.91. The highest BCUT2D eigenvalue weighted by atomic mass is 16.3. The van der Waals surface area contributed by atoms with Crippen LogP contribution >= 0.6 is 0 Å². The second-order valence-corrected chi connectivity index (χ2v) is 4.64. The van der Waals surface area contributed by atoms with Crippen LogP contribution in [0.2, 0.25) is 0 Å². The summed E-state index contributed by atoms with van der Waals surface area (Å²) in [5.74, 6) is -0.521. The third-order valence-electron chi connectivity index (χ3n) is 3.42. The van der Waals surface area contributed by atoms with Crippen molar-refractivity contribution in [2.75, 3.05) is 18.1 Å². The Kier molecular flexibility index (Phi) is 4.15. The van der Waals surface area contributed by atoms with E-state index in [1.807, 2.05) is 6.07 Å². The number of amides is 1. The lowest BCUT2D eigenvalue weighted by Crippen LogP contribution is -2.37. The van der Waals surface area contributed by atoms with Crippen LogP contribution in [-0.2, 0) is 0 Å². The number of nitrogens with zero attached hydrogens (tertiary/aromatic N) is 2. The minimum Gasteiger partial charge on any atom is -0.394 e. The SMILES string of the molecule is NC(=O)c1cc(N2CCCCCC2CO)ccn1. The van der Waals surface area contributed by atoms with Crippen LogP contribution in [0, 0.1) is 0 Å². The first-order valence-corrected chi connectivity index (χ1v) is 6.35. The number of carbonyl (C=O) groups excluding carboxylic acids is 1. The van der Waals surface area contributed by atoms with Crippen molar-refractivity contribution in [2.45, 2.75) is 31.7 Å². The summed E-state index contributed by atoms with van der Waals surface area (Å²) in [6, 6.07) is 3.69. The molecule has 2 rings (SSSR count). The highest BCUT2D eigenvalue weighted by Gasteiger charge is 2.21. The number of aliphatic hydroxyl groups excluding tert-OH is 1. The van der Waals surface area contributed by atoms with E-state index >= 15 is 0 Å². The van der Waals surface area contributed by atoms with Crippen LogP contribution in [0.15, 0.2) is 18.3 Å². The van der Waals surface area contributed by atoms with Gasteiger partial charge in [0.15, 0.2) is 0 Å². The molecular weight excluding hydrogens is 230 g/mol. The normalized spacial score (nSPS) is 20.5. The van der Waals surface area contributed by atoms with Crippen LogP contribution < -0.4 is 10.6 Å². The molecule has 3 N–H and O–H groups in total. The maximum Gasteiger partial charge on any atom is 0.267 e. The van der Waals surface area contributed by atoms with Crippen LogP contribution in [0.25, 0.3) is 0 Å². The van der Waals surface area contributed by atoms with Crippen LogP contribution in [0.5, 0.6) is 0 Å². The van der Waals surface area contributed by atoms with E-state index in [0.717, 1.165) is 31.5 Å². The third-order valence-corrected chi connectivity index (χ3v) is 3.42. The van der Waals surface area contributed by atoms with Crippen molar-refractivity contribution in [3.63, 3.8) is 0 Å². The molecule has 1 saturated heterocycles. The van der Waals surface area contributed by atoms with Gasteiger partial charge in [-0.2, -0.15) is 0 Å². The summed E-state index contributed by atoms with van der Waals surface area (Å²) in [6.45, 7) is 1.03. The molecule has 5 heteroatoms. The van der Waals surface area contributed by atoms with Gasteiger partial charge in [-0.15, -0.1) is 0 Å². The lowest BCUT2D eigenvalue weighted by molar-refractivity contribution is 0.0995. The largest absolute Gasteiger partial charge is 0.394 e. The number of carbonyl (C=O) groups is 1. The summed E-state index contributed by atoms with van der Waals surface area (Å²) in [5, 5.41) is 9.48. The van der Waals surface area contributed by atoms with Crippen LogP contribution in [0.1, 0.15) is 36.2 Å². The summed E-state index contributed by atoms with van der Waals surface area (Å²) < 4.78 is 0. The van der Waals surface area contributed by atoms with E-state index in [9.17, 15) is 9.90 Å². The summed E-state index contributed by atoms with van der Waals surface area (Å²) in [5.41, 5.74) is 6.43. The molecule has 1 fully saturated rings. The number of rotatable bonds is 3. The monoisotopic (exact) mass is 249 g/mol. The Morgan fingerprint density at radius 2 is 2.33 bits per heavy atom. The molecule has 1 amide bonds. The number of hydrogen-bond acceptors (Lipinski definition) is 4. The van der Waals surface area contributed by atoms with E-state index < -0.39 is 5.91 Å². The third kappa shape index (κ3) is 2.79. The number of pyridine rings is 1. The first kappa shape index (κ1) is 12.8. The first-order chi connectivity index (χ1) is 8.72. The van der Waals surface area contributed by atoms with Gasteiger partial charge in [0, 0.05) is 18.4 Å². The van der Waals surface area contributed by atoms with Crippen molar-refractivity contribution in [1.29, 1.82) is 0 Å². The van der Waals surface area contributed by atoms with Crippen molar-refractivity contribution in [3.05, 3.63) is 24.0 Å². The van der Waals surface area contributed by atoms with Gasteiger partial charge in [0.1, 0.15) is 5.69 Å². The Hall–Kier alpha value is -1.62. The maximum atomic E-state index is 11.1. The summed E-state index contributed by atoms with van der Waals surface area (Å²) >= 11 is 0. The summed E-state index contributed by atoms with van der Waals surface area (Å²) in [6.07, 6.45) is 5.99. The molecule has 1 aliphatic heterocycles. The van der Waals surface area contributed by atoms with E-state index in [-0.39, 0.29) is 18.3 Å². The molecule has 1 atom stereocenters. The van der Waals surface area contributed by atoms with Gasteiger partial charge in [-0.25, -0.2) is 0 Å². The van der Waals surface area contributed by atoms with Gasteiger partial charge in [0.2, 0.25) is 0 Å². The topological polar surface area (TPSA) is 79.5 Å². The van der Waals surface area contributed by atoms with Gasteiger partial charge >= 0.3 is 0 Å². The van der Waals surface area contributed by atoms with Gasteiger partial charge in [-0.3, -0.25) is 9.78 Å². The van der Waals surface area contributed by atoms with Gasteiger partial charge in [0.05, 0.1) is 12.6 Å². The van der Waals surface area contributed by atoms with Crippen molar-refractivity contribution in [2.24, 2.45) is 5.73 Å². The predicted molar refractivity (Wildman–Crippen MR) is 69.4 cm³/mol. The van der Waals surface area contributed by atoms with E-state index in [1.54, 1.807) is 12.3 Å². The Balaban J connectivity index is 2.26. The number of primary amides is 1. The number of hydrogen-bond donors (Lipinski definition) is 2. The number of anilines is 1. The fourth-order valence-corrected chi connectivity index (χ4v) is 2.44. The Bertz CT molecular complexity index is 422. The Morgan fingerprint density at radius 1 is 1.50 bits per heavy atom. The van der Waals surface area contributed by atoms with Crippen molar-refractivity contribution in [1.82, 2.24) is 4.98 Å². The van der Waals surface area contributed by atoms with E-state index in [4.69, 9.17) is 5.73 Å². The van der Waals surface area contributed by atoms with Crippen molar-refractivity contribution in [3.8, 4) is 0 Å². The maximum absolute atomic E-state index is 11.1. The van der Waals surface area contributed by atoms with Gasteiger partial charge in [0.25, 0.3) is 5.91 Å². The molecule has 0 bridgehead atoms. The van der Waals surface area contributed by atoms with Crippen molar-refractivity contribution < 1.29 is 9.90 Å². The quantitative estimate of drug-likeness (QED) is 0.835. The molecular formula is C13H19N3O2. The molecule has 0 aliphatic carbocycles. The molecule has 18 heavy (non-hydrogen) atoms. The molecule has 1 aromatic heterocycles. The molecule has 0 spiro atoms. The first-order valence-electron chi connectivity index (χ1n) is 6.35. The van der Waals surface area contributed by atoms with Crippen molar-refractivity contribution >= 4 is 11.6 Å². The van der Waals surface area contributed by atoms with E-state index in [1.165, 1.54) is 6.42 Å². The average molecular weight is 249 g/mol. The zero-order valence-corrected chi connectivity index (χ0v) is 10.4. The van der Waals surface area contributed by atoms with Gasteiger partial charge < -0.3 is 15.7 Å². The minimum absolute atomic E-state index is 0.121. The number of aromatic nitrogens is 1. The minimum atomic E-state index is -0.521. The summed E-state index contributed by atoms with van der Waals surface area (Å²) in [4.78, 5) is 17.2. The fourth-order valence-electron chi connectivity index (χ4n) is 2.44. The molecule has 2 heterocycles.